The third-order valence-corrected chi connectivity index (χ3v) is 4.71. The van der Waals surface area contributed by atoms with Crippen molar-refractivity contribution in [3.63, 3.8) is 0 Å². The zero-order valence-corrected chi connectivity index (χ0v) is 17.4. The minimum atomic E-state index is 0.251. The van der Waals surface area contributed by atoms with Gasteiger partial charge in [0.1, 0.15) is 0 Å². The lowest BCUT2D eigenvalue weighted by molar-refractivity contribution is -0.0303. The van der Waals surface area contributed by atoms with E-state index >= 15 is 0 Å². The van der Waals surface area contributed by atoms with Crippen molar-refractivity contribution >= 4 is 15.9 Å². The maximum atomic E-state index is 5.89. The summed E-state index contributed by atoms with van der Waals surface area (Å²) in [5.74, 6) is 2.21. The van der Waals surface area contributed by atoms with Crippen LogP contribution in [0.2, 0.25) is 0 Å². The van der Waals surface area contributed by atoms with Crippen molar-refractivity contribution in [3.8, 4) is 11.5 Å². The summed E-state index contributed by atoms with van der Waals surface area (Å²) in [6.45, 7) is 12.7. The third kappa shape index (κ3) is 6.44. The number of rotatable bonds is 9. The van der Waals surface area contributed by atoms with E-state index in [0.717, 1.165) is 60.9 Å². The highest BCUT2D eigenvalue weighted by Gasteiger charge is 2.20. The largest absolute Gasteiger partial charge is 0.492 e. The lowest BCUT2D eigenvalue weighted by atomic mass is 10.1. The van der Waals surface area contributed by atoms with Crippen LogP contribution in [0.15, 0.2) is 16.6 Å². The van der Waals surface area contributed by atoms with Crippen molar-refractivity contribution in [1.29, 1.82) is 0 Å². The number of morpholine rings is 1. The Morgan fingerprint density at radius 3 is 2.88 bits per heavy atom. The number of nitrogens with zero attached hydrogens (tertiary/aromatic N) is 1. The monoisotopic (exact) mass is 414 g/mol. The molecule has 1 aromatic rings. The maximum Gasteiger partial charge on any atom is 0.174 e. The van der Waals surface area contributed by atoms with Crippen molar-refractivity contribution in [1.82, 2.24) is 10.2 Å². The number of benzene rings is 1. The van der Waals surface area contributed by atoms with Crippen molar-refractivity contribution < 1.29 is 14.2 Å². The number of halogens is 1. The van der Waals surface area contributed by atoms with E-state index in [2.05, 4.69) is 46.1 Å². The minimum absolute atomic E-state index is 0.251. The maximum absolute atomic E-state index is 5.89. The highest BCUT2D eigenvalue weighted by Crippen LogP contribution is 2.36. The number of hydrogen-bond acceptors (Lipinski definition) is 5. The number of ether oxygens (including phenoxy) is 3. The second-order valence-electron chi connectivity index (χ2n) is 6.82. The van der Waals surface area contributed by atoms with Crippen LogP contribution in [0.4, 0.5) is 0 Å². The molecule has 0 amide bonds. The van der Waals surface area contributed by atoms with Gasteiger partial charge in [-0.3, -0.25) is 4.90 Å². The fraction of sp³-hybridized carbons (Fsp3) is 0.684. The Kier molecular flexibility index (Phi) is 8.49. The van der Waals surface area contributed by atoms with Gasteiger partial charge in [0.05, 0.1) is 30.9 Å². The fourth-order valence-electron chi connectivity index (χ4n) is 3.15. The van der Waals surface area contributed by atoms with Gasteiger partial charge in [0.2, 0.25) is 0 Å². The summed E-state index contributed by atoms with van der Waals surface area (Å²) >= 11 is 3.56. The van der Waals surface area contributed by atoms with Gasteiger partial charge in [0, 0.05) is 32.7 Å². The zero-order valence-electron chi connectivity index (χ0n) is 15.8. The first-order valence-corrected chi connectivity index (χ1v) is 9.86. The molecule has 1 unspecified atom stereocenters. The van der Waals surface area contributed by atoms with Crippen LogP contribution in [0.25, 0.3) is 0 Å². The Labute approximate surface area is 160 Å². The lowest BCUT2D eigenvalue weighted by Gasteiger charge is -2.34. The van der Waals surface area contributed by atoms with Crippen LogP contribution < -0.4 is 14.8 Å². The minimum Gasteiger partial charge on any atom is -0.492 e. The molecule has 6 heteroatoms. The van der Waals surface area contributed by atoms with Gasteiger partial charge in [-0.2, -0.15) is 0 Å². The molecule has 0 aromatic heterocycles. The van der Waals surface area contributed by atoms with Crippen LogP contribution in [0.1, 0.15) is 26.3 Å². The molecule has 1 aromatic carbocycles. The average molecular weight is 415 g/mol. The van der Waals surface area contributed by atoms with Crippen molar-refractivity contribution in [2.24, 2.45) is 5.92 Å². The van der Waals surface area contributed by atoms with E-state index in [-0.39, 0.29) is 6.10 Å². The molecule has 0 spiro atoms. The first-order valence-electron chi connectivity index (χ1n) is 9.07. The Hall–Kier alpha value is -0.820. The summed E-state index contributed by atoms with van der Waals surface area (Å²) in [6, 6.07) is 4.11. The molecule has 1 atom stereocenters. The van der Waals surface area contributed by atoms with Gasteiger partial charge in [0.25, 0.3) is 0 Å². The molecule has 1 aliphatic rings. The van der Waals surface area contributed by atoms with Crippen LogP contribution in [0.5, 0.6) is 11.5 Å². The molecule has 0 saturated carbocycles. The molecule has 0 bridgehead atoms. The second-order valence-corrected chi connectivity index (χ2v) is 7.67. The molecule has 5 nitrogen and oxygen atoms in total. The average Bonchev–Trinajstić information content (AvgIpc) is 2.55. The molecule has 142 valence electrons. The molecule has 1 heterocycles. The molecule has 0 radical (unpaired) electrons. The molecule has 1 saturated heterocycles. The first kappa shape index (κ1) is 20.5. The van der Waals surface area contributed by atoms with Crippen molar-refractivity contribution in [2.45, 2.75) is 33.4 Å². The topological polar surface area (TPSA) is 43.0 Å². The van der Waals surface area contributed by atoms with Gasteiger partial charge < -0.3 is 19.5 Å². The SMILES string of the molecule is CCOc1cc(CNCC2CN(CC(C)C)CCO2)cc(Br)c1OC. The van der Waals surface area contributed by atoms with E-state index in [4.69, 9.17) is 14.2 Å². The standard InChI is InChI=1S/C19H31BrN2O3/c1-5-24-18-9-15(8-17(20)19(18)23-4)10-21-11-16-13-22(6-7-25-16)12-14(2)3/h8-9,14,16,21H,5-7,10-13H2,1-4H3. The summed E-state index contributed by atoms with van der Waals surface area (Å²) in [6.07, 6.45) is 0.251. The lowest BCUT2D eigenvalue weighted by Crippen LogP contribution is -2.47. The second kappa shape index (κ2) is 10.4. The predicted octanol–water partition coefficient (Wildman–Crippen LogP) is 3.30. The Morgan fingerprint density at radius 2 is 2.20 bits per heavy atom. The predicted molar refractivity (Wildman–Crippen MR) is 105 cm³/mol. The molecule has 1 aliphatic heterocycles. The van der Waals surface area contributed by atoms with Crippen molar-refractivity contribution in [2.75, 3.05) is 46.5 Å². The van der Waals surface area contributed by atoms with Crippen LogP contribution in [0, 0.1) is 5.92 Å². The smallest absolute Gasteiger partial charge is 0.174 e. The Morgan fingerprint density at radius 1 is 1.40 bits per heavy atom. The molecule has 1 fully saturated rings. The van der Waals surface area contributed by atoms with Crippen LogP contribution >= 0.6 is 15.9 Å². The fourth-order valence-corrected chi connectivity index (χ4v) is 3.80. The van der Waals surface area contributed by atoms with Crippen LogP contribution in [0.3, 0.4) is 0 Å². The van der Waals surface area contributed by atoms with Crippen molar-refractivity contribution in [3.05, 3.63) is 22.2 Å². The quantitative estimate of drug-likeness (QED) is 0.671. The zero-order chi connectivity index (χ0) is 18.2. The Bertz CT molecular complexity index is 540. The van der Waals surface area contributed by atoms with Gasteiger partial charge >= 0.3 is 0 Å². The third-order valence-electron chi connectivity index (χ3n) is 4.12. The number of methoxy groups -OCH3 is 1. The summed E-state index contributed by atoms with van der Waals surface area (Å²) in [5, 5.41) is 3.51. The van der Waals surface area contributed by atoms with E-state index in [1.165, 1.54) is 0 Å². The Balaban J connectivity index is 1.86. The van der Waals surface area contributed by atoms with E-state index in [1.54, 1.807) is 7.11 Å². The van der Waals surface area contributed by atoms with E-state index in [9.17, 15) is 0 Å². The normalized spacial score (nSPS) is 18.6. The van der Waals surface area contributed by atoms with Gasteiger partial charge in [-0.15, -0.1) is 0 Å². The first-order chi connectivity index (χ1) is 12.0. The van der Waals surface area contributed by atoms with Crippen LogP contribution in [-0.4, -0.2) is 57.5 Å². The molecule has 2 rings (SSSR count). The molecular weight excluding hydrogens is 384 g/mol. The molecule has 1 N–H and O–H groups in total. The summed E-state index contributed by atoms with van der Waals surface area (Å²) < 4.78 is 17.9. The summed E-state index contributed by atoms with van der Waals surface area (Å²) in [4.78, 5) is 2.50. The molecule has 25 heavy (non-hydrogen) atoms. The van der Waals surface area contributed by atoms with Gasteiger partial charge in [-0.25, -0.2) is 0 Å². The number of hydrogen-bond donors (Lipinski definition) is 1. The highest BCUT2D eigenvalue weighted by molar-refractivity contribution is 9.10. The van der Waals surface area contributed by atoms with Crippen LogP contribution in [-0.2, 0) is 11.3 Å². The van der Waals surface area contributed by atoms with E-state index in [1.807, 2.05) is 13.0 Å². The molecule has 0 aliphatic carbocycles. The van der Waals surface area contributed by atoms with E-state index < -0.39 is 0 Å². The van der Waals surface area contributed by atoms with Gasteiger partial charge in [-0.1, -0.05) is 13.8 Å². The van der Waals surface area contributed by atoms with Gasteiger partial charge in [-0.05, 0) is 46.5 Å². The van der Waals surface area contributed by atoms with E-state index in [0.29, 0.717) is 12.5 Å². The van der Waals surface area contributed by atoms with Gasteiger partial charge in [0.15, 0.2) is 11.5 Å². The number of nitrogens with one attached hydrogen (secondary N) is 1. The highest BCUT2D eigenvalue weighted by atomic mass is 79.9. The summed E-state index contributed by atoms with van der Waals surface area (Å²) in [7, 11) is 1.66. The molecular formula is C19H31BrN2O3. The summed E-state index contributed by atoms with van der Waals surface area (Å²) in [5.41, 5.74) is 1.16.